The minimum atomic E-state index is 0. The number of aryl methyl sites for hydroxylation is 2. The molecule has 2 aromatic rings. The minimum Gasteiger partial charge on any atom is -0.357 e. The van der Waals surface area contributed by atoms with Gasteiger partial charge in [-0.3, -0.25) is 4.99 Å². The fraction of sp³-hybridized carbons (Fsp3) is 0.526. The molecular weight excluding hydrogens is 471 g/mol. The molecule has 1 heterocycles. The molecule has 0 atom stereocenters. The number of benzene rings is 1. The van der Waals surface area contributed by atoms with Crippen molar-refractivity contribution < 1.29 is 0 Å². The summed E-state index contributed by atoms with van der Waals surface area (Å²) in [5.41, 5.74) is 2.68. The van der Waals surface area contributed by atoms with Crippen LogP contribution in [0.4, 0.5) is 0 Å². The number of nitrogens with zero attached hydrogens (tertiary/aromatic N) is 4. The molecule has 0 radical (unpaired) electrons. The summed E-state index contributed by atoms with van der Waals surface area (Å²) in [7, 11) is 0. The zero-order valence-electron chi connectivity index (χ0n) is 16.4. The normalized spacial score (nSPS) is 11.1. The Bertz CT molecular complexity index is 671. The second kappa shape index (κ2) is 13.8. The summed E-state index contributed by atoms with van der Waals surface area (Å²) in [6.07, 6.45) is 2.68. The predicted molar refractivity (Wildman–Crippen MR) is 126 cm³/mol. The van der Waals surface area contributed by atoms with E-state index in [0.717, 1.165) is 55.9 Å². The fourth-order valence-electron chi connectivity index (χ4n) is 2.47. The van der Waals surface area contributed by atoms with Gasteiger partial charge in [0.1, 0.15) is 12.2 Å². The van der Waals surface area contributed by atoms with Crippen molar-refractivity contribution >= 4 is 41.7 Å². The van der Waals surface area contributed by atoms with Gasteiger partial charge in [-0.15, -0.1) is 34.2 Å². The summed E-state index contributed by atoms with van der Waals surface area (Å²) >= 11 is 1.92. The highest BCUT2D eigenvalue weighted by molar-refractivity contribution is 14.0. The number of guanidine groups is 1. The third-order valence-electron chi connectivity index (χ3n) is 3.90. The topological polar surface area (TPSA) is 67.1 Å². The second-order valence-electron chi connectivity index (χ2n) is 6.02. The standard InChI is InChI=1S/C19H30N6S.HI/c1-4-18-24-23-15-25(18)12-10-21-19(20-5-2)22-11-13-26-14-17-8-6-16(3)7-9-17;/h6-9,15H,4-5,10-14H2,1-3H3,(H2,20,21,22);1H. The average Bonchev–Trinajstić information content (AvgIpc) is 3.10. The van der Waals surface area contributed by atoms with E-state index in [4.69, 9.17) is 0 Å². The van der Waals surface area contributed by atoms with Gasteiger partial charge in [-0.2, -0.15) is 11.8 Å². The molecule has 0 saturated heterocycles. The fourth-order valence-corrected chi connectivity index (χ4v) is 3.27. The molecule has 0 aliphatic heterocycles. The summed E-state index contributed by atoms with van der Waals surface area (Å²) in [4.78, 5) is 4.65. The molecule has 6 nitrogen and oxygen atoms in total. The Balaban J connectivity index is 0.00000364. The highest BCUT2D eigenvalue weighted by Crippen LogP contribution is 2.12. The second-order valence-corrected chi connectivity index (χ2v) is 7.12. The van der Waals surface area contributed by atoms with Crippen LogP contribution < -0.4 is 10.6 Å². The van der Waals surface area contributed by atoms with E-state index in [1.54, 1.807) is 6.33 Å². The molecule has 8 heteroatoms. The molecular formula is C19H31IN6S. The van der Waals surface area contributed by atoms with Crippen LogP contribution in [0, 0.1) is 6.92 Å². The van der Waals surface area contributed by atoms with Gasteiger partial charge in [-0.25, -0.2) is 0 Å². The maximum atomic E-state index is 4.65. The Kier molecular flexibility index (Phi) is 12.2. The lowest BCUT2D eigenvalue weighted by Gasteiger charge is -2.12. The summed E-state index contributed by atoms with van der Waals surface area (Å²) < 4.78 is 2.08. The Morgan fingerprint density at radius 1 is 1.19 bits per heavy atom. The minimum absolute atomic E-state index is 0. The molecule has 0 unspecified atom stereocenters. The van der Waals surface area contributed by atoms with Crippen molar-refractivity contribution in [1.82, 2.24) is 25.4 Å². The summed E-state index contributed by atoms with van der Waals surface area (Å²) in [5, 5.41) is 14.7. The quantitative estimate of drug-likeness (QED) is 0.226. The zero-order chi connectivity index (χ0) is 18.6. The van der Waals surface area contributed by atoms with E-state index in [1.807, 2.05) is 11.8 Å². The van der Waals surface area contributed by atoms with Gasteiger partial charge in [-0.05, 0) is 19.4 Å². The van der Waals surface area contributed by atoms with Gasteiger partial charge in [0.2, 0.25) is 0 Å². The van der Waals surface area contributed by atoms with Crippen molar-refractivity contribution in [3.63, 3.8) is 0 Å². The largest absolute Gasteiger partial charge is 0.357 e. The molecule has 2 rings (SSSR count). The Hall–Kier alpha value is -1.29. The van der Waals surface area contributed by atoms with Crippen molar-refractivity contribution in [2.75, 3.05) is 25.4 Å². The van der Waals surface area contributed by atoms with E-state index in [-0.39, 0.29) is 24.0 Å². The van der Waals surface area contributed by atoms with Gasteiger partial charge in [0.25, 0.3) is 0 Å². The van der Waals surface area contributed by atoms with E-state index in [2.05, 4.69) is 75.4 Å². The third kappa shape index (κ3) is 8.96. The van der Waals surface area contributed by atoms with E-state index >= 15 is 0 Å². The zero-order valence-corrected chi connectivity index (χ0v) is 19.6. The number of nitrogens with one attached hydrogen (secondary N) is 2. The van der Waals surface area contributed by atoms with E-state index < -0.39 is 0 Å². The lowest BCUT2D eigenvalue weighted by molar-refractivity contribution is 0.633. The van der Waals surface area contributed by atoms with Crippen molar-refractivity contribution in [2.45, 2.75) is 39.5 Å². The maximum Gasteiger partial charge on any atom is 0.191 e. The lowest BCUT2D eigenvalue weighted by atomic mass is 10.2. The number of thioether (sulfide) groups is 1. The Labute approximate surface area is 184 Å². The monoisotopic (exact) mass is 502 g/mol. The Morgan fingerprint density at radius 2 is 1.96 bits per heavy atom. The number of aliphatic imine (C=N–C) groups is 1. The van der Waals surface area contributed by atoms with Crippen molar-refractivity contribution in [1.29, 1.82) is 0 Å². The molecule has 1 aromatic carbocycles. The molecule has 0 aliphatic carbocycles. The maximum absolute atomic E-state index is 4.65. The summed E-state index contributed by atoms with van der Waals surface area (Å²) in [6.45, 7) is 9.59. The number of halogens is 1. The molecule has 0 saturated carbocycles. The van der Waals surface area contributed by atoms with Crippen LogP contribution >= 0.6 is 35.7 Å². The SMILES string of the molecule is CCNC(=NCCSCc1ccc(C)cc1)NCCn1cnnc1CC.I. The first-order valence-electron chi connectivity index (χ1n) is 9.25. The highest BCUT2D eigenvalue weighted by Gasteiger charge is 2.02. The van der Waals surface area contributed by atoms with Gasteiger partial charge < -0.3 is 15.2 Å². The summed E-state index contributed by atoms with van der Waals surface area (Å²) in [6, 6.07) is 8.74. The van der Waals surface area contributed by atoms with Gasteiger partial charge in [0.15, 0.2) is 5.96 Å². The molecule has 150 valence electrons. The predicted octanol–water partition coefficient (Wildman–Crippen LogP) is 3.26. The molecule has 0 aliphatic rings. The van der Waals surface area contributed by atoms with Crippen LogP contribution in [-0.4, -0.2) is 46.1 Å². The molecule has 27 heavy (non-hydrogen) atoms. The van der Waals surface area contributed by atoms with Crippen LogP contribution in [0.5, 0.6) is 0 Å². The van der Waals surface area contributed by atoms with E-state index in [1.165, 1.54) is 11.1 Å². The number of hydrogen-bond acceptors (Lipinski definition) is 4. The van der Waals surface area contributed by atoms with Crippen LogP contribution in [0.15, 0.2) is 35.6 Å². The number of aromatic nitrogens is 3. The van der Waals surface area contributed by atoms with Crippen LogP contribution in [0.2, 0.25) is 0 Å². The Morgan fingerprint density at radius 3 is 2.67 bits per heavy atom. The van der Waals surface area contributed by atoms with Crippen molar-refractivity contribution in [3.8, 4) is 0 Å². The van der Waals surface area contributed by atoms with Crippen molar-refractivity contribution in [3.05, 3.63) is 47.5 Å². The van der Waals surface area contributed by atoms with Gasteiger partial charge in [-0.1, -0.05) is 36.8 Å². The first-order chi connectivity index (χ1) is 12.7. The number of rotatable bonds is 10. The highest BCUT2D eigenvalue weighted by atomic mass is 127. The van der Waals surface area contributed by atoms with E-state index in [9.17, 15) is 0 Å². The molecule has 0 spiro atoms. The smallest absolute Gasteiger partial charge is 0.191 e. The average molecular weight is 502 g/mol. The van der Waals surface area contributed by atoms with Gasteiger partial charge in [0, 0.05) is 37.6 Å². The van der Waals surface area contributed by atoms with Gasteiger partial charge in [0.05, 0.1) is 6.54 Å². The van der Waals surface area contributed by atoms with Crippen LogP contribution in [-0.2, 0) is 18.7 Å². The molecule has 0 fully saturated rings. The van der Waals surface area contributed by atoms with Crippen LogP contribution in [0.25, 0.3) is 0 Å². The third-order valence-corrected chi connectivity index (χ3v) is 4.90. The molecule has 2 N–H and O–H groups in total. The van der Waals surface area contributed by atoms with Gasteiger partial charge >= 0.3 is 0 Å². The van der Waals surface area contributed by atoms with E-state index in [0.29, 0.717) is 0 Å². The first-order valence-corrected chi connectivity index (χ1v) is 10.4. The van der Waals surface area contributed by atoms with Crippen molar-refractivity contribution in [2.24, 2.45) is 4.99 Å². The first kappa shape index (κ1) is 23.7. The molecule has 0 bridgehead atoms. The lowest BCUT2D eigenvalue weighted by Crippen LogP contribution is -2.39. The van der Waals surface area contributed by atoms with Crippen LogP contribution in [0.1, 0.15) is 30.8 Å². The molecule has 0 amide bonds. The van der Waals surface area contributed by atoms with Crippen LogP contribution in [0.3, 0.4) is 0 Å². The molecule has 1 aromatic heterocycles. The summed E-state index contributed by atoms with van der Waals surface area (Å²) in [5.74, 6) is 3.93. The number of hydrogen-bond donors (Lipinski definition) is 2.